The Morgan fingerprint density at radius 2 is 1.18 bits per heavy atom. The number of nitrogens with one attached hydrogen (secondary N) is 2. The van der Waals surface area contributed by atoms with Crippen LogP contribution in [0.25, 0.3) is 65.7 Å². The maximum Gasteiger partial charge on any atom is 0.136 e. The molecule has 2 N–H and O–H groups in total. The van der Waals surface area contributed by atoms with Gasteiger partial charge in [0.05, 0.1) is 0 Å². The molecule has 0 bridgehead atoms. The van der Waals surface area contributed by atoms with E-state index in [-0.39, 0.29) is 12.3 Å². The van der Waals surface area contributed by atoms with Crippen LogP contribution in [0.5, 0.6) is 0 Å². The summed E-state index contributed by atoms with van der Waals surface area (Å²) in [4.78, 5) is 5.34. The lowest BCUT2D eigenvalue weighted by Gasteiger charge is -2.33. The van der Waals surface area contributed by atoms with E-state index in [9.17, 15) is 0 Å². The Balaban J connectivity index is 1.12. The van der Waals surface area contributed by atoms with Crippen molar-refractivity contribution in [2.45, 2.75) is 12.3 Å². The van der Waals surface area contributed by atoms with E-state index < -0.39 is 0 Å². The lowest BCUT2D eigenvalue weighted by molar-refractivity contribution is 0.411. The molecule has 10 rings (SSSR count). The Morgan fingerprint density at radius 1 is 0.471 bits per heavy atom. The highest BCUT2D eigenvalue weighted by molar-refractivity contribution is 6.09. The first-order chi connectivity index (χ1) is 25.2. The van der Waals surface area contributed by atoms with E-state index in [0.29, 0.717) is 0 Å². The number of hydrogen-bond acceptors (Lipinski definition) is 4. The first kappa shape index (κ1) is 29.4. The van der Waals surface area contributed by atoms with E-state index in [4.69, 9.17) is 9.41 Å². The molecular formula is C47H33N3O. The van der Waals surface area contributed by atoms with Crippen LogP contribution in [0.3, 0.4) is 0 Å². The highest BCUT2D eigenvalue weighted by Crippen LogP contribution is 2.39. The smallest absolute Gasteiger partial charge is 0.136 e. The number of para-hydroxylation sites is 1. The third-order valence-electron chi connectivity index (χ3n) is 10.1. The van der Waals surface area contributed by atoms with Crippen LogP contribution < -0.4 is 10.6 Å². The second-order valence-corrected chi connectivity index (χ2v) is 13.2. The van der Waals surface area contributed by atoms with Gasteiger partial charge >= 0.3 is 0 Å². The number of furan rings is 1. The van der Waals surface area contributed by atoms with Crippen molar-refractivity contribution in [3.05, 3.63) is 193 Å². The average Bonchev–Trinajstić information content (AvgIpc) is 3.59. The Hall–Kier alpha value is -6.49. The maximum atomic E-state index is 6.52. The van der Waals surface area contributed by atoms with Crippen molar-refractivity contribution in [2.24, 2.45) is 4.99 Å². The number of fused-ring (bicyclic) bond motifs is 5. The van der Waals surface area contributed by atoms with Crippen molar-refractivity contribution in [3.8, 4) is 22.3 Å². The molecule has 1 aliphatic heterocycles. The average molecular weight is 656 g/mol. The molecule has 4 nitrogen and oxygen atoms in total. The van der Waals surface area contributed by atoms with Crippen LogP contribution in [0, 0.1) is 0 Å². The molecule has 0 fully saturated rings. The molecule has 8 aromatic carbocycles. The van der Waals surface area contributed by atoms with Gasteiger partial charge in [0.2, 0.25) is 0 Å². The van der Waals surface area contributed by atoms with Gasteiger partial charge < -0.3 is 9.73 Å². The minimum absolute atomic E-state index is 0.265. The summed E-state index contributed by atoms with van der Waals surface area (Å²) in [5.74, 6) is 0.840. The van der Waals surface area contributed by atoms with Gasteiger partial charge in [-0.1, -0.05) is 152 Å². The first-order valence-electron chi connectivity index (χ1n) is 17.4. The van der Waals surface area contributed by atoms with Crippen LogP contribution in [-0.2, 0) is 0 Å². The van der Waals surface area contributed by atoms with Crippen LogP contribution >= 0.6 is 0 Å². The molecule has 0 saturated carbocycles. The van der Waals surface area contributed by atoms with Gasteiger partial charge in [0.15, 0.2) is 0 Å². The molecule has 0 radical (unpaired) electrons. The summed E-state index contributed by atoms with van der Waals surface area (Å²) < 4.78 is 6.52. The van der Waals surface area contributed by atoms with E-state index in [0.717, 1.165) is 55.6 Å². The summed E-state index contributed by atoms with van der Waals surface area (Å²) >= 11 is 0. The predicted octanol–water partition coefficient (Wildman–Crippen LogP) is 11.6. The monoisotopic (exact) mass is 655 g/mol. The SMILES string of the molecule is c1ccc(-c2cc(C3NC(c4ccc(-c5cccc6ccccc56)cc4)=NC(c4ccc5ccccc5c4)N3)c3c(c2)oc2ccccc23)cc1. The van der Waals surface area contributed by atoms with Crippen molar-refractivity contribution in [2.75, 3.05) is 0 Å². The number of rotatable bonds is 5. The lowest BCUT2D eigenvalue weighted by Crippen LogP contribution is -2.45. The van der Waals surface area contributed by atoms with Crippen molar-refractivity contribution in [1.29, 1.82) is 0 Å². The van der Waals surface area contributed by atoms with Crippen molar-refractivity contribution < 1.29 is 4.42 Å². The van der Waals surface area contributed by atoms with Crippen molar-refractivity contribution in [1.82, 2.24) is 10.6 Å². The van der Waals surface area contributed by atoms with E-state index in [1.807, 2.05) is 12.1 Å². The van der Waals surface area contributed by atoms with Gasteiger partial charge in [-0.05, 0) is 73.6 Å². The molecule has 0 amide bonds. The van der Waals surface area contributed by atoms with Crippen LogP contribution in [-0.4, -0.2) is 5.84 Å². The largest absolute Gasteiger partial charge is 0.456 e. The van der Waals surface area contributed by atoms with Gasteiger partial charge in [-0.25, -0.2) is 4.99 Å². The highest BCUT2D eigenvalue weighted by Gasteiger charge is 2.29. The molecule has 2 unspecified atom stereocenters. The zero-order valence-corrected chi connectivity index (χ0v) is 27.8. The summed E-state index contributed by atoms with van der Waals surface area (Å²) in [5, 5.41) is 14.8. The zero-order valence-electron chi connectivity index (χ0n) is 27.8. The highest BCUT2D eigenvalue weighted by atomic mass is 16.3. The molecule has 1 aliphatic rings. The Morgan fingerprint density at radius 3 is 2.04 bits per heavy atom. The molecule has 51 heavy (non-hydrogen) atoms. The van der Waals surface area contributed by atoms with Gasteiger partial charge in [-0.15, -0.1) is 0 Å². The van der Waals surface area contributed by atoms with Gasteiger partial charge in [-0.3, -0.25) is 5.32 Å². The Kier molecular flexibility index (Phi) is 7.00. The maximum absolute atomic E-state index is 6.52. The normalized spacial score (nSPS) is 16.0. The quantitative estimate of drug-likeness (QED) is 0.194. The van der Waals surface area contributed by atoms with Crippen molar-refractivity contribution >= 4 is 49.3 Å². The van der Waals surface area contributed by atoms with Crippen molar-refractivity contribution in [3.63, 3.8) is 0 Å². The van der Waals surface area contributed by atoms with Crippen LogP contribution in [0.2, 0.25) is 0 Å². The summed E-state index contributed by atoms with van der Waals surface area (Å²) in [6.45, 7) is 0. The summed E-state index contributed by atoms with van der Waals surface area (Å²) in [7, 11) is 0. The first-order valence-corrected chi connectivity index (χ1v) is 17.4. The fourth-order valence-electron chi connectivity index (χ4n) is 7.61. The molecule has 2 atom stereocenters. The van der Waals surface area contributed by atoms with E-state index in [1.54, 1.807) is 0 Å². The standard InChI is InChI=1S/C47H33N3O/c1-2-11-30(12-3-1)37-28-41(44-40-18-8-9-20-42(40)51-43(44)29-37)47-49-45(48-46(50-47)36-26-21-31-13-4-5-15-35(31)27-36)34-24-22-33(23-25-34)39-19-10-16-32-14-6-7-17-38(32)39/h1-29,46-47,50H,(H,48,49). The molecular weight excluding hydrogens is 623 g/mol. The Bertz CT molecular complexity index is 2760. The molecule has 0 saturated heterocycles. The number of aliphatic imine (C=N–C) groups is 1. The lowest BCUT2D eigenvalue weighted by atomic mass is 9.95. The third-order valence-corrected chi connectivity index (χ3v) is 10.1. The fourth-order valence-corrected chi connectivity index (χ4v) is 7.61. The van der Waals surface area contributed by atoms with Gasteiger partial charge in [0, 0.05) is 21.9 Å². The van der Waals surface area contributed by atoms with E-state index >= 15 is 0 Å². The van der Waals surface area contributed by atoms with Crippen LogP contribution in [0.1, 0.15) is 29.0 Å². The van der Waals surface area contributed by atoms with Gasteiger partial charge in [-0.2, -0.15) is 0 Å². The van der Waals surface area contributed by atoms with E-state index in [2.05, 4.69) is 174 Å². The van der Waals surface area contributed by atoms with E-state index in [1.165, 1.54) is 32.7 Å². The number of nitrogens with zero attached hydrogens (tertiary/aromatic N) is 1. The van der Waals surface area contributed by atoms with Gasteiger partial charge in [0.25, 0.3) is 0 Å². The fraction of sp³-hybridized carbons (Fsp3) is 0.0426. The number of hydrogen-bond donors (Lipinski definition) is 2. The molecule has 4 heteroatoms. The minimum atomic E-state index is -0.290. The predicted molar refractivity (Wildman–Crippen MR) is 211 cm³/mol. The topological polar surface area (TPSA) is 49.6 Å². The summed E-state index contributed by atoms with van der Waals surface area (Å²) in [6, 6.07) is 62.3. The second kappa shape index (κ2) is 12.1. The molecule has 1 aromatic heterocycles. The summed E-state index contributed by atoms with van der Waals surface area (Å²) in [6.07, 6.45) is -0.555. The summed E-state index contributed by atoms with van der Waals surface area (Å²) in [5.41, 5.74) is 9.63. The van der Waals surface area contributed by atoms with Crippen LogP contribution in [0.4, 0.5) is 0 Å². The zero-order chi connectivity index (χ0) is 33.7. The second-order valence-electron chi connectivity index (χ2n) is 13.2. The number of amidine groups is 1. The molecule has 0 spiro atoms. The molecule has 2 heterocycles. The number of benzene rings is 8. The molecule has 0 aliphatic carbocycles. The third kappa shape index (κ3) is 5.25. The van der Waals surface area contributed by atoms with Crippen LogP contribution in [0.15, 0.2) is 185 Å². The molecule has 9 aromatic rings. The molecule has 242 valence electrons. The Labute approximate surface area is 295 Å². The minimum Gasteiger partial charge on any atom is -0.456 e. The van der Waals surface area contributed by atoms with Gasteiger partial charge in [0.1, 0.15) is 29.3 Å².